The Bertz CT molecular complexity index is 914. The number of hydrogen-bond acceptors (Lipinski definition) is 4. The van der Waals surface area contributed by atoms with Crippen LogP contribution in [0.5, 0.6) is 0 Å². The summed E-state index contributed by atoms with van der Waals surface area (Å²) in [5.41, 5.74) is 3.57. The number of imidazole rings is 1. The van der Waals surface area contributed by atoms with Gasteiger partial charge in [-0.2, -0.15) is 4.31 Å². The van der Waals surface area contributed by atoms with Crippen molar-refractivity contribution in [2.75, 3.05) is 20.2 Å². The van der Waals surface area contributed by atoms with Crippen LogP contribution in [0.15, 0.2) is 29.3 Å². The molecule has 1 saturated heterocycles. The number of fused-ring (bicyclic) bond motifs is 1. The van der Waals surface area contributed by atoms with E-state index in [1.165, 1.54) is 11.1 Å². The van der Waals surface area contributed by atoms with Crippen molar-refractivity contribution in [2.24, 2.45) is 5.92 Å². The summed E-state index contributed by atoms with van der Waals surface area (Å²) in [5, 5.41) is 0. The third kappa shape index (κ3) is 3.08. The van der Waals surface area contributed by atoms with Gasteiger partial charge in [0.05, 0.1) is 4.90 Å². The molecule has 1 aliphatic carbocycles. The zero-order chi connectivity index (χ0) is 18.3. The second kappa shape index (κ2) is 6.79. The monoisotopic (exact) mass is 375 g/mol. The molecule has 7 heteroatoms. The topological polar surface area (TPSA) is 64.4 Å². The second-order valence-corrected chi connectivity index (χ2v) is 9.27. The standard InChI is InChI=1S/C19H25N3O3S/c1-14-9-20-19(13-25-2)22(14)12-15-10-21(11-15)26(23,24)18-7-6-16-4-3-5-17(16)8-18/h6-9,15H,3-5,10-13H2,1-2H3. The van der Waals surface area contributed by atoms with Crippen molar-refractivity contribution in [3.63, 3.8) is 0 Å². The predicted molar refractivity (Wildman–Crippen MR) is 98.4 cm³/mol. The van der Waals surface area contributed by atoms with Gasteiger partial charge in [0.1, 0.15) is 12.4 Å². The Hall–Kier alpha value is -1.70. The van der Waals surface area contributed by atoms with E-state index in [1.54, 1.807) is 17.5 Å². The molecule has 1 aliphatic heterocycles. The first-order chi connectivity index (χ1) is 12.5. The molecular formula is C19H25N3O3S. The van der Waals surface area contributed by atoms with Gasteiger partial charge in [0.15, 0.2) is 0 Å². The summed E-state index contributed by atoms with van der Waals surface area (Å²) in [6.45, 7) is 4.38. The van der Waals surface area contributed by atoms with Crippen LogP contribution in [0.25, 0.3) is 0 Å². The maximum atomic E-state index is 12.9. The van der Waals surface area contributed by atoms with Crippen LogP contribution >= 0.6 is 0 Å². The summed E-state index contributed by atoms with van der Waals surface area (Å²) in [4.78, 5) is 4.81. The van der Waals surface area contributed by atoms with Crippen LogP contribution in [0.4, 0.5) is 0 Å². The third-order valence-corrected chi connectivity index (χ3v) is 7.31. The lowest BCUT2D eigenvalue weighted by atomic mass is 10.0. The van der Waals surface area contributed by atoms with Gasteiger partial charge in [0.25, 0.3) is 0 Å². The van der Waals surface area contributed by atoms with Crippen LogP contribution in [0.2, 0.25) is 0 Å². The Morgan fingerprint density at radius 2 is 2.00 bits per heavy atom. The van der Waals surface area contributed by atoms with Crippen LogP contribution in [0.1, 0.15) is 29.1 Å². The zero-order valence-electron chi connectivity index (χ0n) is 15.3. The number of ether oxygens (including phenoxy) is 1. The van der Waals surface area contributed by atoms with E-state index in [9.17, 15) is 8.42 Å². The van der Waals surface area contributed by atoms with Gasteiger partial charge in [-0.1, -0.05) is 6.07 Å². The maximum Gasteiger partial charge on any atom is 0.243 e. The Balaban J connectivity index is 1.43. The minimum atomic E-state index is -3.38. The fourth-order valence-electron chi connectivity index (χ4n) is 3.95. The van der Waals surface area contributed by atoms with Gasteiger partial charge in [0.2, 0.25) is 10.0 Å². The lowest BCUT2D eigenvalue weighted by molar-refractivity contribution is 0.157. The molecule has 1 aromatic heterocycles. The van der Waals surface area contributed by atoms with E-state index >= 15 is 0 Å². The van der Waals surface area contributed by atoms with E-state index in [2.05, 4.69) is 9.55 Å². The summed E-state index contributed by atoms with van der Waals surface area (Å²) in [6, 6.07) is 5.63. The van der Waals surface area contributed by atoms with Crippen molar-refractivity contribution < 1.29 is 13.2 Å². The molecular weight excluding hydrogens is 350 g/mol. The molecule has 2 aliphatic rings. The zero-order valence-corrected chi connectivity index (χ0v) is 16.1. The summed E-state index contributed by atoms with van der Waals surface area (Å²) < 4.78 is 34.7. The molecule has 0 saturated carbocycles. The average Bonchev–Trinajstić information content (AvgIpc) is 3.17. The normalized spacial score (nSPS) is 18.1. The Labute approximate surface area is 154 Å². The highest BCUT2D eigenvalue weighted by molar-refractivity contribution is 7.89. The molecule has 1 aromatic carbocycles. The Morgan fingerprint density at radius 3 is 2.77 bits per heavy atom. The molecule has 0 bridgehead atoms. The van der Waals surface area contributed by atoms with Crippen LogP contribution < -0.4 is 0 Å². The maximum absolute atomic E-state index is 12.9. The first-order valence-corrected chi connectivity index (χ1v) is 10.5. The number of benzene rings is 1. The first-order valence-electron chi connectivity index (χ1n) is 9.11. The lowest BCUT2D eigenvalue weighted by Gasteiger charge is -2.38. The molecule has 0 unspecified atom stereocenters. The van der Waals surface area contributed by atoms with E-state index in [0.29, 0.717) is 30.5 Å². The van der Waals surface area contributed by atoms with Crippen LogP contribution in [-0.4, -0.2) is 42.5 Å². The average molecular weight is 375 g/mol. The van der Waals surface area contributed by atoms with E-state index < -0.39 is 10.0 Å². The highest BCUT2D eigenvalue weighted by Gasteiger charge is 2.37. The van der Waals surface area contributed by atoms with E-state index in [4.69, 9.17) is 4.74 Å². The van der Waals surface area contributed by atoms with E-state index in [-0.39, 0.29) is 0 Å². The minimum Gasteiger partial charge on any atom is -0.377 e. The van der Waals surface area contributed by atoms with Crippen LogP contribution in [-0.2, 0) is 40.8 Å². The lowest BCUT2D eigenvalue weighted by Crippen LogP contribution is -2.51. The largest absolute Gasteiger partial charge is 0.377 e. The molecule has 2 heterocycles. The van der Waals surface area contributed by atoms with Gasteiger partial charge in [-0.15, -0.1) is 0 Å². The summed E-state index contributed by atoms with van der Waals surface area (Å²) in [5.74, 6) is 1.20. The van der Waals surface area contributed by atoms with Gasteiger partial charge in [-0.3, -0.25) is 0 Å². The van der Waals surface area contributed by atoms with Crippen LogP contribution in [0.3, 0.4) is 0 Å². The van der Waals surface area contributed by atoms with Gasteiger partial charge in [-0.25, -0.2) is 13.4 Å². The predicted octanol–water partition coefficient (Wildman–Crippen LogP) is 2.15. The van der Waals surface area contributed by atoms with Gasteiger partial charge in [0, 0.05) is 44.6 Å². The second-order valence-electron chi connectivity index (χ2n) is 7.33. The number of aryl methyl sites for hydroxylation is 3. The highest BCUT2D eigenvalue weighted by atomic mass is 32.2. The van der Waals surface area contributed by atoms with E-state index in [0.717, 1.165) is 37.3 Å². The highest BCUT2D eigenvalue weighted by Crippen LogP contribution is 2.30. The smallest absolute Gasteiger partial charge is 0.243 e. The fraction of sp³-hybridized carbons (Fsp3) is 0.526. The molecule has 0 spiro atoms. The Morgan fingerprint density at radius 1 is 1.23 bits per heavy atom. The minimum absolute atomic E-state index is 0.308. The van der Waals surface area contributed by atoms with Gasteiger partial charge in [-0.05, 0) is 49.4 Å². The number of hydrogen-bond donors (Lipinski definition) is 0. The summed E-state index contributed by atoms with van der Waals surface area (Å²) >= 11 is 0. The summed E-state index contributed by atoms with van der Waals surface area (Å²) in [7, 11) is -1.73. The Kier molecular flexibility index (Phi) is 4.62. The van der Waals surface area contributed by atoms with Crippen LogP contribution in [0, 0.1) is 12.8 Å². The first kappa shape index (κ1) is 17.7. The molecule has 4 rings (SSSR count). The van der Waals surface area contributed by atoms with Gasteiger partial charge < -0.3 is 9.30 Å². The van der Waals surface area contributed by atoms with Crippen molar-refractivity contribution in [3.8, 4) is 0 Å². The van der Waals surface area contributed by atoms with Gasteiger partial charge >= 0.3 is 0 Å². The number of methoxy groups -OCH3 is 1. The quantitative estimate of drug-likeness (QED) is 0.776. The number of aromatic nitrogens is 2. The number of sulfonamides is 1. The molecule has 0 N–H and O–H groups in total. The van der Waals surface area contributed by atoms with Crippen molar-refractivity contribution in [1.82, 2.24) is 13.9 Å². The third-order valence-electron chi connectivity index (χ3n) is 5.48. The molecule has 2 aromatic rings. The number of nitrogens with zero attached hydrogens (tertiary/aromatic N) is 3. The summed E-state index contributed by atoms with van der Waals surface area (Å²) in [6.07, 6.45) is 5.02. The molecule has 1 fully saturated rings. The molecule has 6 nitrogen and oxygen atoms in total. The van der Waals surface area contributed by atoms with Crippen molar-refractivity contribution in [3.05, 3.63) is 47.0 Å². The molecule has 26 heavy (non-hydrogen) atoms. The molecule has 0 radical (unpaired) electrons. The molecule has 0 atom stereocenters. The SMILES string of the molecule is COCc1ncc(C)n1CC1CN(S(=O)(=O)c2ccc3c(c2)CCC3)C1. The van der Waals surface area contributed by atoms with Crippen molar-refractivity contribution >= 4 is 10.0 Å². The molecule has 0 amide bonds. The van der Waals surface area contributed by atoms with E-state index in [1.807, 2.05) is 25.3 Å². The fourth-order valence-corrected chi connectivity index (χ4v) is 5.60. The van der Waals surface area contributed by atoms with Crippen molar-refractivity contribution in [1.29, 1.82) is 0 Å². The van der Waals surface area contributed by atoms with Crippen molar-refractivity contribution in [2.45, 2.75) is 44.2 Å². The molecule has 140 valence electrons. The number of rotatable bonds is 6.